The largest absolute Gasteiger partial charge is 0.465 e. The number of esters is 2. The molecule has 1 aromatic rings. The number of hydrogen-bond acceptors (Lipinski definition) is 5. The number of halogens is 1. The Morgan fingerprint density at radius 3 is 2.64 bits per heavy atom. The SMILES string of the molecule is COC(=O)c1ccc(C(CC2CC(=O)N2)OC(C)=O)c(Br)c1. The smallest absolute Gasteiger partial charge is 0.337 e. The number of benzene rings is 1. The van der Waals surface area contributed by atoms with Crippen LogP contribution in [-0.2, 0) is 19.1 Å². The van der Waals surface area contributed by atoms with Crippen LogP contribution >= 0.6 is 15.9 Å². The number of ether oxygens (including phenoxy) is 2. The van der Waals surface area contributed by atoms with E-state index >= 15 is 0 Å². The molecule has 118 valence electrons. The molecule has 1 fully saturated rings. The van der Waals surface area contributed by atoms with Gasteiger partial charge in [0, 0.05) is 35.8 Å². The van der Waals surface area contributed by atoms with Crippen LogP contribution in [0.25, 0.3) is 0 Å². The molecule has 1 aliphatic rings. The highest BCUT2D eigenvalue weighted by Gasteiger charge is 2.30. The molecular weight excluding hydrogens is 354 g/mol. The highest BCUT2D eigenvalue weighted by Crippen LogP contribution is 2.32. The normalized spacial score (nSPS) is 18.0. The van der Waals surface area contributed by atoms with E-state index in [1.54, 1.807) is 18.2 Å². The third-order valence-electron chi connectivity index (χ3n) is 3.37. The third-order valence-corrected chi connectivity index (χ3v) is 4.06. The van der Waals surface area contributed by atoms with Gasteiger partial charge in [-0.3, -0.25) is 9.59 Å². The fourth-order valence-corrected chi connectivity index (χ4v) is 2.94. The first-order chi connectivity index (χ1) is 10.4. The van der Waals surface area contributed by atoms with Gasteiger partial charge in [0.2, 0.25) is 5.91 Å². The summed E-state index contributed by atoms with van der Waals surface area (Å²) in [6.07, 6.45) is 0.418. The van der Waals surface area contributed by atoms with Gasteiger partial charge < -0.3 is 14.8 Å². The summed E-state index contributed by atoms with van der Waals surface area (Å²) < 4.78 is 10.7. The van der Waals surface area contributed by atoms with Crippen molar-refractivity contribution in [1.82, 2.24) is 5.32 Å². The number of methoxy groups -OCH3 is 1. The molecule has 6 nitrogen and oxygen atoms in total. The molecule has 7 heteroatoms. The van der Waals surface area contributed by atoms with Crippen molar-refractivity contribution < 1.29 is 23.9 Å². The second-order valence-corrected chi connectivity index (χ2v) is 5.88. The van der Waals surface area contributed by atoms with Gasteiger partial charge in [-0.1, -0.05) is 22.0 Å². The first kappa shape index (κ1) is 16.5. The van der Waals surface area contributed by atoms with E-state index in [4.69, 9.17) is 4.74 Å². The molecule has 2 rings (SSSR count). The average molecular weight is 370 g/mol. The summed E-state index contributed by atoms with van der Waals surface area (Å²) in [7, 11) is 1.31. The van der Waals surface area contributed by atoms with Gasteiger partial charge in [-0.25, -0.2) is 4.79 Å². The van der Waals surface area contributed by atoms with Gasteiger partial charge in [-0.15, -0.1) is 0 Å². The highest BCUT2D eigenvalue weighted by molar-refractivity contribution is 9.10. The number of nitrogens with one attached hydrogen (secondary N) is 1. The Labute approximate surface area is 136 Å². The predicted molar refractivity (Wildman–Crippen MR) is 81.2 cm³/mol. The van der Waals surface area contributed by atoms with Crippen LogP contribution in [-0.4, -0.2) is 31.0 Å². The van der Waals surface area contributed by atoms with Gasteiger partial charge in [-0.2, -0.15) is 0 Å². The number of carbonyl (C=O) groups excluding carboxylic acids is 3. The van der Waals surface area contributed by atoms with Crippen molar-refractivity contribution in [2.75, 3.05) is 7.11 Å². The van der Waals surface area contributed by atoms with Crippen molar-refractivity contribution in [3.8, 4) is 0 Å². The van der Waals surface area contributed by atoms with Crippen LogP contribution in [0.1, 0.15) is 41.8 Å². The number of carbonyl (C=O) groups is 3. The number of amides is 1. The van der Waals surface area contributed by atoms with Crippen LogP contribution < -0.4 is 5.32 Å². The lowest BCUT2D eigenvalue weighted by molar-refractivity contribution is -0.147. The van der Waals surface area contributed by atoms with E-state index in [0.717, 1.165) is 5.56 Å². The van der Waals surface area contributed by atoms with Crippen molar-refractivity contribution in [3.05, 3.63) is 33.8 Å². The van der Waals surface area contributed by atoms with Gasteiger partial charge in [-0.05, 0) is 12.1 Å². The molecular formula is C15H16BrNO5. The molecule has 0 aromatic heterocycles. The second kappa shape index (κ2) is 6.91. The maximum absolute atomic E-state index is 11.5. The number of rotatable bonds is 5. The minimum Gasteiger partial charge on any atom is -0.465 e. The Kier molecular flexibility index (Phi) is 5.18. The number of hydrogen-bond donors (Lipinski definition) is 1. The van der Waals surface area contributed by atoms with E-state index in [-0.39, 0.29) is 11.9 Å². The highest BCUT2D eigenvalue weighted by atomic mass is 79.9. The van der Waals surface area contributed by atoms with Gasteiger partial charge in [0.1, 0.15) is 6.10 Å². The van der Waals surface area contributed by atoms with E-state index in [0.29, 0.717) is 22.9 Å². The van der Waals surface area contributed by atoms with Crippen LogP contribution in [0.5, 0.6) is 0 Å². The molecule has 2 unspecified atom stereocenters. The molecule has 1 heterocycles. The fourth-order valence-electron chi connectivity index (χ4n) is 2.30. The van der Waals surface area contributed by atoms with Crippen LogP contribution in [0.15, 0.2) is 22.7 Å². The summed E-state index contributed by atoms with van der Waals surface area (Å²) >= 11 is 3.39. The zero-order chi connectivity index (χ0) is 16.3. The first-order valence-corrected chi connectivity index (χ1v) is 7.54. The summed E-state index contributed by atoms with van der Waals surface area (Å²) in [6.45, 7) is 1.34. The summed E-state index contributed by atoms with van der Waals surface area (Å²) in [5, 5.41) is 2.75. The van der Waals surface area contributed by atoms with Crippen molar-refractivity contribution in [1.29, 1.82) is 0 Å². The summed E-state index contributed by atoms with van der Waals surface area (Å²) in [5.74, 6) is -0.853. The standard InChI is InChI=1S/C15H16BrNO5/c1-8(18)22-13(6-10-7-14(19)17-10)11-4-3-9(5-12(11)16)15(20)21-2/h3-5,10,13H,6-7H2,1-2H3,(H,17,19). The second-order valence-electron chi connectivity index (χ2n) is 5.03. The van der Waals surface area contributed by atoms with Gasteiger partial charge in [0.15, 0.2) is 0 Å². The topological polar surface area (TPSA) is 81.7 Å². The molecule has 1 saturated heterocycles. The molecule has 1 aliphatic heterocycles. The Bertz CT molecular complexity index is 608. The lowest BCUT2D eigenvalue weighted by Gasteiger charge is -2.30. The molecule has 0 bridgehead atoms. The Morgan fingerprint density at radius 1 is 1.45 bits per heavy atom. The lowest BCUT2D eigenvalue weighted by Crippen LogP contribution is -2.49. The van der Waals surface area contributed by atoms with E-state index in [9.17, 15) is 14.4 Å². The third kappa shape index (κ3) is 3.85. The Balaban J connectivity index is 2.20. The van der Waals surface area contributed by atoms with Crippen molar-refractivity contribution >= 4 is 33.8 Å². The molecule has 0 spiro atoms. The molecule has 0 aliphatic carbocycles. The Hall–Kier alpha value is -1.89. The summed E-state index contributed by atoms with van der Waals surface area (Å²) in [6, 6.07) is 4.94. The molecule has 22 heavy (non-hydrogen) atoms. The van der Waals surface area contributed by atoms with Crippen LogP contribution in [0, 0.1) is 0 Å². The number of β-lactam (4-membered cyclic amide) rings is 1. The summed E-state index contributed by atoms with van der Waals surface area (Å²) in [5.41, 5.74) is 1.14. The lowest BCUT2D eigenvalue weighted by atomic mass is 9.95. The molecule has 1 N–H and O–H groups in total. The minimum atomic E-state index is -0.496. The minimum absolute atomic E-state index is 0.00770. The first-order valence-electron chi connectivity index (χ1n) is 6.75. The Morgan fingerprint density at radius 2 is 2.14 bits per heavy atom. The van der Waals surface area contributed by atoms with E-state index in [2.05, 4.69) is 26.0 Å². The molecule has 0 saturated carbocycles. The van der Waals surface area contributed by atoms with Crippen LogP contribution in [0.3, 0.4) is 0 Å². The van der Waals surface area contributed by atoms with Gasteiger partial charge >= 0.3 is 11.9 Å². The molecule has 2 atom stereocenters. The van der Waals surface area contributed by atoms with Gasteiger partial charge in [0.05, 0.1) is 12.7 Å². The molecule has 1 aromatic carbocycles. The predicted octanol–water partition coefficient (Wildman–Crippen LogP) is 2.12. The zero-order valence-electron chi connectivity index (χ0n) is 12.2. The maximum atomic E-state index is 11.5. The van der Waals surface area contributed by atoms with Crippen molar-refractivity contribution in [2.24, 2.45) is 0 Å². The van der Waals surface area contributed by atoms with Crippen molar-refractivity contribution in [3.63, 3.8) is 0 Å². The average Bonchev–Trinajstić information content (AvgIpc) is 2.43. The fraction of sp³-hybridized carbons (Fsp3) is 0.400. The van der Waals surface area contributed by atoms with Crippen molar-refractivity contribution in [2.45, 2.75) is 31.9 Å². The van der Waals surface area contributed by atoms with Crippen LogP contribution in [0.4, 0.5) is 0 Å². The van der Waals surface area contributed by atoms with E-state index < -0.39 is 18.0 Å². The zero-order valence-corrected chi connectivity index (χ0v) is 13.8. The summed E-state index contributed by atoms with van der Waals surface area (Å²) in [4.78, 5) is 33.8. The van der Waals surface area contributed by atoms with Gasteiger partial charge in [0.25, 0.3) is 0 Å². The molecule has 0 radical (unpaired) electrons. The maximum Gasteiger partial charge on any atom is 0.337 e. The quantitative estimate of drug-likeness (QED) is 0.634. The monoisotopic (exact) mass is 369 g/mol. The molecule has 1 amide bonds. The van der Waals surface area contributed by atoms with E-state index in [1.807, 2.05) is 0 Å². The van der Waals surface area contributed by atoms with Crippen LogP contribution in [0.2, 0.25) is 0 Å². The van der Waals surface area contributed by atoms with E-state index in [1.165, 1.54) is 14.0 Å².